The lowest BCUT2D eigenvalue weighted by atomic mass is 9.97. The maximum Gasteiger partial charge on any atom is 0.260 e. The first kappa shape index (κ1) is 22.2. The molecule has 6 heteroatoms. The number of amides is 2. The average molecular weight is 391 g/mol. The van der Waals surface area contributed by atoms with Crippen molar-refractivity contribution in [3.8, 4) is 5.75 Å². The molecule has 1 N–H and O–H groups in total. The molecular formula is C22H34N2O4. The highest BCUT2D eigenvalue weighted by molar-refractivity contribution is 5.97. The van der Waals surface area contributed by atoms with Crippen molar-refractivity contribution in [2.75, 3.05) is 31.6 Å². The molecule has 1 aromatic rings. The third kappa shape index (κ3) is 6.51. The molecule has 2 amide bonds. The number of anilines is 1. The molecule has 156 valence electrons. The topological polar surface area (TPSA) is 67.9 Å². The Labute approximate surface area is 168 Å². The van der Waals surface area contributed by atoms with Gasteiger partial charge in [0.2, 0.25) is 0 Å². The van der Waals surface area contributed by atoms with Crippen molar-refractivity contribution < 1.29 is 19.1 Å². The smallest absolute Gasteiger partial charge is 0.260 e. The van der Waals surface area contributed by atoms with E-state index in [-0.39, 0.29) is 18.4 Å². The number of carbonyl (C=O) groups excluding carboxylic acids is 2. The Morgan fingerprint density at radius 1 is 1.11 bits per heavy atom. The molecule has 28 heavy (non-hydrogen) atoms. The molecule has 0 radical (unpaired) electrons. The monoisotopic (exact) mass is 390 g/mol. The van der Waals surface area contributed by atoms with Gasteiger partial charge in [-0.3, -0.25) is 9.59 Å². The summed E-state index contributed by atoms with van der Waals surface area (Å²) in [7, 11) is 0. The van der Waals surface area contributed by atoms with Gasteiger partial charge in [-0.15, -0.1) is 0 Å². The van der Waals surface area contributed by atoms with Crippen LogP contribution in [0.2, 0.25) is 0 Å². The fraction of sp³-hybridized carbons (Fsp3) is 0.636. The van der Waals surface area contributed by atoms with Crippen molar-refractivity contribution in [1.29, 1.82) is 0 Å². The molecule has 0 aromatic heterocycles. The van der Waals surface area contributed by atoms with Gasteiger partial charge in [0.15, 0.2) is 6.61 Å². The molecule has 1 aliphatic heterocycles. The zero-order valence-corrected chi connectivity index (χ0v) is 17.5. The first-order chi connectivity index (χ1) is 13.5. The number of unbranched alkanes of at least 4 members (excludes halogenated alkanes) is 1. The van der Waals surface area contributed by atoms with E-state index in [2.05, 4.69) is 12.2 Å². The molecule has 2 rings (SSSR count). The van der Waals surface area contributed by atoms with Crippen LogP contribution in [0.3, 0.4) is 0 Å². The second-order valence-corrected chi connectivity index (χ2v) is 7.54. The Hall–Kier alpha value is -2.08. The third-order valence-electron chi connectivity index (χ3n) is 5.05. The summed E-state index contributed by atoms with van der Waals surface area (Å²) in [6, 6.07) is 7.10. The number of rotatable bonds is 11. The van der Waals surface area contributed by atoms with E-state index >= 15 is 0 Å². The SMILES string of the molecule is CCCCC(C)(OCCC)C(=O)Nc1ccc(OCC(=O)N2CCCC2)cc1. The van der Waals surface area contributed by atoms with E-state index in [1.165, 1.54) is 0 Å². The second kappa shape index (κ2) is 11.1. The third-order valence-corrected chi connectivity index (χ3v) is 5.05. The maximum absolute atomic E-state index is 12.8. The number of ether oxygens (including phenoxy) is 2. The molecule has 0 bridgehead atoms. The van der Waals surface area contributed by atoms with E-state index in [1.807, 2.05) is 18.7 Å². The Morgan fingerprint density at radius 2 is 1.79 bits per heavy atom. The van der Waals surface area contributed by atoms with Crippen LogP contribution in [-0.2, 0) is 14.3 Å². The summed E-state index contributed by atoms with van der Waals surface area (Å²) in [5, 5.41) is 2.94. The van der Waals surface area contributed by atoms with Crippen LogP contribution in [0, 0.1) is 0 Å². The van der Waals surface area contributed by atoms with Crippen LogP contribution in [-0.4, -0.2) is 48.6 Å². The van der Waals surface area contributed by atoms with Gasteiger partial charge in [0, 0.05) is 25.4 Å². The van der Waals surface area contributed by atoms with Crippen LogP contribution in [0.15, 0.2) is 24.3 Å². The number of nitrogens with one attached hydrogen (secondary N) is 1. The molecular weight excluding hydrogens is 356 g/mol. The van der Waals surface area contributed by atoms with Gasteiger partial charge >= 0.3 is 0 Å². The largest absolute Gasteiger partial charge is 0.484 e. The zero-order chi connectivity index (χ0) is 20.4. The normalized spacial score (nSPS) is 15.9. The Balaban J connectivity index is 1.88. The van der Waals surface area contributed by atoms with Crippen LogP contribution in [0.4, 0.5) is 5.69 Å². The Bertz CT molecular complexity index is 616. The van der Waals surface area contributed by atoms with Gasteiger partial charge in [-0.2, -0.15) is 0 Å². The quantitative estimate of drug-likeness (QED) is 0.620. The molecule has 1 atom stereocenters. The number of hydrogen-bond acceptors (Lipinski definition) is 4. The molecule has 6 nitrogen and oxygen atoms in total. The van der Waals surface area contributed by atoms with Gasteiger partial charge in [0.1, 0.15) is 11.4 Å². The van der Waals surface area contributed by atoms with E-state index in [0.29, 0.717) is 24.5 Å². The van der Waals surface area contributed by atoms with Gasteiger partial charge in [-0.05, 0) is 56.9 Å². The second-order valence-electron chi connectivity index (χ2n) is 7.54. The van der Waals surface area contributed by atoms with Crippen LogP contribution in [0.1, 0.15) is 59.3 Å². The summed E-state index contributed by atoms with van der Waals surface area (Å²) in [5.74, 6) is 0.503. The standard InChI is InChI=1S/C22H34N2O4/c1-4-6-13-22(3,28-16-5-2)21(26)23-18-9-11-19(12-10-18)27-17-20(25)24-14-7-8-15-24/h9-12H,4-8,13-17H2,1-3H3,(H,23,26). The molecule has 1 fully saturated rings. The van der Waals surface area contributed by atoms with Crippen molar-refractivity contribution >= 4 is 17.5 Å². The highest BCUT2D eigenvalue weighted by atomic mass is 16.5. The molecule has 1 aromatic carbocycles. The van der Waals surface area contributed by atoms with E-state index in [4.69, 9.17) is 9.47 Å². The fourth-order valence-electron chi connectivity index (χ4n) is 3.19. The van der Waals surface area contributed by atoms with Gasteiger partial charge in [0.05, 0.1) is 0 Å². The number of hydrogen-bond donors (Lipinski definition) is 1. The summed E-state index contributed by atoms with van der Waals surface area (Å²) < 4.78 is 11.5. The van der Waals surface area contributed by atoms with Crippen LogP contribution in [0.25, 0.3) is 0 Å². The lowest BCUT2D eigenvalue weighted by Crippen LogP contribution is -2.43. The summed E-state index contributed by atoms with van der Waals surface area (Å²) in [4.78, 5) is 26.7. The van der Waals surface area contributed by atoms with Crippen LogP contribution >= 0.6 is 0 Å². The molecule has 0 saturated carbocycles. The lowest BCUT2D eigenvalue weighted by molar-refractivity contribution is -0.140. The van der Waals surface area contributed by atoms with Crippen molar-refractivity contribution in [3.63, 3.8) is 0 Å². The van der Waals surface area contributed by atoms with E-state index < -0.39 is 5.60 Å². The van der Waals surface area contributed by atoms with E-state index in [9.17, 15) is 9.59 Å². The molecule has 0 spiro atoms. The minimum atomic E-state index is -0.830. The number of nitrogens with zero attached hydrogens (tertiary/aromatic N) is 1. The predicted molar refractivity (Wildman–Crippen MR) is 111 cm³/mol. The van der Waals surface area contributed by atoms with Gasteiger partial charge < -0.3 is 19.7 Å². The molecule has 1 unspecified atom stereocenters. The Morgan fingerprint density at radius 3 is 2.39 bits per heavy atom. The van der Waals surface area contributed by atoms with Crippen molar-refractivity contribution in [1.82, 2.24) is 4.90 Å². The number of carbonyl (C=O) groups is 2. The minimum absolute atomic E-state index is 0.0228. The molecule has 1 aliphatic rings. The average Bonchev–Trinajstić information content (AvgIpc) is 3.25. The summed E-state index contributed by atoms with van der Waals surface area (Å²) in [6.45, 7) is 8.25. The van der Waals surface area contributed by atoms with Gasteiger partial charge in [-0.1, -0.05) is 26.7 Å². The zero-order valence-electron chi connectivity index (χ0n) is 17.5. The van der Waals surface area contributed by atoms with Crippen molar-refractivity contribution in [3.05, 3.63) is 24.3 Å². The van der Waals surface area contributed by atoms with Crippen LogP contribution in [0.5, 0.6) is 5.75 Å². The summed E-state index contributed by atoms with van der Waals surface area (Å²) >= 11 is 0. The first-order valence-electron chi connectivity index (χ1n) is 10.4. The Kier molecular flexibility index (Phi) is 8.77. The van der Waals surface area contributed by atoms with Crippen LogP contribution < -0.4 is 10.1 Å². The predicted octanol–water partition coefficient (Wildman–Crippen LogP) is 4.00. The number of likely N-dealkylation sites (tertiary alicyclic amines) is 1. The van der Waals surface area contributed by atoms with E-state index in [1.54, 1.807) is 24.3 Å². The minimum Gasteiger partial charge on any atom is -0.484 e. The van der Waals surface area contributed by atoms with Gasteiger partial charge in [0.25, 0.3) is 11.8 Å². The highest BCUT2D eigenvalue weighted by Crippen LogP contribution is 2.23. The molecule has 1 heterocycles. The fourth-order valence-corrected chi connectivity index (χ4v) is 3.19. The van der Waals surface area contributed by atoms with Crippen molar-refractivity contribution in [2.24, 2.45) is 0 Å². The van der Waals surface area contributed by atoms with Gasteiger partial charge in [-0.25, -0.2) is 0 Å². The van der Waals surface area contributed by atoms with E-state index in [0.717, 1.165) is 45.2 Å². The first-order valence-corrected chi connectivity index (χ1v) is 10.4. The molecule has 1 saturated heterocycles. The van der Waals surface area contributed by atoms with Crippen molar-refractivity contribution in [2.45, 2.75) is 64.9 Å². The number of benzene rings is 1. The summed E-state index contributed by atoms with van der Waals surface area (Å²) in [5.41, 5.74) is -0.144. The lowest BCUT2D eigenvalue weighted by Gasteiger charge is -2.28. The molecule has 0 aliphatic carbocycles. The maximum atomic E-state index is 12.8. The highest BCUT2D eigenvalue weighted by Gasteiger charge is 2.33. The summed E-state index contributed by atoms with van der Waals surface area (Å²) in [6.07, 6.45) is 5.65.